The summed E-state index contributed by atoms with van der Waals surface area (Å²) in [5, 5.41) is 26.1. The van der Waals surface area contributed by atoms with Gasteiger partial charge in [-0.3, -0.25) is 0 Å². The molecular formula is C74H68N10. The Bertz CT molecular complexity index is 4530. The molecule has 0 aliphatic heterocycles. The lowest BCUT2D eigenvalue weighted by atomic mass is 9.80. The lowest BCUT2D eigenvalue weighted by Gasteiger charge is -2.25. The molecule has 414 valence electrons. The highest BCUT2D eigenvalue weighted by Crippen LogP contribution is 2.42. The van der Waals surface area contributed by atoms with Crippen molar-refractivity contribution in [3.05, 3.63) is 215 Å². The highest BCUT2D eigenvalue weighted by atomic mass is 15.0. The highest BCUT2D eigenvalue weighted by molar-refractivity contribution is 6.11. The van der Waals surface area contributed by atoms with Gasteiger partial charge in [-0.25, -0.2) is 29.9 Å². The fraction of sp³-hybridized carbons (Fsp3) is 0.243. The Morgan fingerprint density at radius 1 is 0.369 bits per heavy atom. The van der Waals surface area contributed by atoms with Gasteiger partial charge in [-0.15, -0.1) is 0 Å². The molecule has 0 N–H and O–H groups in total. The van der Waals surface area contributed by atoms with E-state index in [-0.39, 0.29) is 21.7 Å². The molecule has 0 bridgehead atoms. The average Bonchev–Trinajstić information content (AvgIpc) is 2.28. The second kappa shape index (κ2) is 20.7. The third kappa shape index (κ3) is 10.2. The minimum atomic E-state index is -0.315. The normalized spacial score (nSPS) is 12.4. The van der Waals surface area contributed by atoms with Gasteiger partial charge in [0.25, 0.3) is 0 Å². The number of hydrogen-bond acceptors (Lipinski definition) is 8. The maximum absolute atomic E-state index is 10.8. The van der Waals surface area contributed by atoms with Crippen molar-refractivity contribution in [3.63, 3.8) is 0 Å². The molecule has 0 aliphatic rings. The van der Waals surface area contributed by atoms with E-state index in [4.69, 9.17) is 29.9 Å². The zero-order valence-electron chi connectivity index (χ0n) is 50.1. The van der Waals surface area contributed by atoms with Crippen LogP contribution in [0.15, 0.2) is 170 Å². The first-order valence-electron chi connectivity index (χ1n) is 28.9. The molecule has 10 heteroatoms. The summed E-state index contributed by atoms with van der Waals surface area (Å²) >= 11 is 0. The Morgan fingerprint density at radius 3 is 1.24 bits per heavy atom. The molecule has 0 radical (unpaired) electrons. The van der Waals surface area contributed by atoms with Gasteiger partial charge in [0.15, 0.2) is 23.3 Å². The van der Waals surface area contributed by atoms with E-state index < -0.39 is 0 Å². The molecule has 0 unspecified atom stereocenters. The van der Waals surface area contributed by atoms with Crippen molar-refractivity contribution in [1.29, 1.82) is 10.5 Å². The molecular weight excluding hydrogens is 1030 g/mol. The zero-order valence-corrected chi connectivity index (χ0v) is 50.1. The molecule has 8 aromatic carbocycles. The van der Waals surface area contributed by atoms with E-state index in [1.807, 2.05) is 97.9 Å². The fourth-order valence-electron chi connectivity index (χ4n) is 11.6. The summed E-state index contributed by atoms with van der Waals surface area (Å²) in [5.74, 6) is 3.56. The van der Waals surface area contributed by atoms with Crippen LogP contribution in [0.4, 0.5) is 0 Å². The van der Waals surface area contributed by atoms with E-state index in [9.17, 15) is 10.5 Å². The monoisotopic (exact) mass is 1100 g/mol. The number of nitrogens with zero attached hydrogens (tertiary/aromatic N) is 10. The largest absolute Gasteiger partial charge is 0.308 e. The molecule has 0 amide bonds. The van der Waals surface area contributed by atoms with E-state index in [2.05, 4.69) is 176 Å². The summed E-state index contributed by atoms with van der Waals surface area (Å²) in [7, 11) is 0. The number of hydrogen-bond donors (Lipinski definition) is 0. The van der Waals surface area contributed by atoms with Crippen LogP contribution in [0.2, 0.25) is 0 Å². The van der Waals surface area contributed by atoms with Gasteiger partial charge < -0.3 is 9.13 Å². The van der Waals surface area contributed by atoms with Crippen LogP contribution < -0.4 is 0 Å². The molecule has 12 rings (SSSR count). The summed E-state index contributed by atoms with van der Waals surface area (Å²) in [5.41, 5.74) is 14.3. The number of benzene rings is 8. The van der Waals surface area contributed by atoms with Crippen molar-refractivity contribution in [2.24, 2.45) is 0 Å². The first-order chi connectivity index (χ1) is 40.1. The molecule has 4 aromatic heterocycles. The van der Waals surface area contributed by atoms with E-state index in [1.165, 1.54) is 22.3 Å². The Morgan fingerprint density at radius 2 is 0.774 bits per heavy atom. The first kappa shape index (κ1) is 54.9. The third-order valence-corrected chi connectivity index (χ3v) is 16.6. The number of aryl methyl sites for hydroxylation is 2. The summed E-state index contributed by atoms with van der Waals surface area (Å²) in [6.07, 6.45) is 1.35. The second-order valence-electron chi connectivity index (χ2n) is 26.1. The standard InChI is InChI=1S/C74H68N10/c1-45-77-66(79-69(78-45)48-23-25-51(44-76)63(37-48)84-64-41-53(72(5,6)7)27-31-56(64)57-32-28-54(42-65(57)84)73(8,9)10)35-36-74(11,12)55-30-34-61-59(40-55)58-39-52(71(2,3)4)29-33-60(58)83(61)62-38-49(24-26-50(62)43-75)70-81-67(46-19-15-13-16-20-46)80-68(82-70)47-21-17-14-18-22-47/h13-34,37-42H,35-36H2,1-12H3. The zero-order chi connectivity index (χ0) is 59.0. The van der Waals surface area contributed by atoms with Crippen LogP contribution in [0.1, 0.15) is 128 Å². The van der Waals surface area contributed by atoms with Crippen LogP contribution in [0, 0.1) is 29.6 Å². The van der Waals surface area contributed by atoms with Crippen molar-refractivity contribution in [2.75, 3.05) is 0 Å². The van der Waals surface area contributed by atoms with Crippen LogP contribution in [-0.4, -0.2) is 39.0 Å². The van der Waals surface area contributed by atoms with Gasteiger partial charge in [-0.2, -0.15) is 10.5 Å². The molecule has 84 heavy (non-hydrogen) atoms. The predicted molar refractivity (Wildman–Crippen MR) is 342 cm³/mol. The van der Waals surface area contributed by atoms with E-state index in [1.54, 1.807) is 0 Å². The summed E-state index contributed by atoms with van der Waals surface area (Å²) in [4.78, 5) is 30.1. The molecule has 0 saturated carbocycles. The summed E-state index contributed by atoms with van der Waals surface area (Å²) < 4.78 is 4.50. The van der Waals surface area contributed by atoms with Crippen molar-refractivity contribution < 1.29 is 0 Å². The van der Waals surface area contributed by atoms with Gasteiger partial charge in [0, 0.05) is 50.2 Å². The smallest absolute Gasteiger partial charge is 0.164 e. The second-order valence-corrected chi connectivity index (χ2v) is 26.1. The molecule has 12 aromatic rings. The fourth-order valence-corrected chi connectivity index (χ4v) is 11.6. The van der Waals surface area contributed by atoms with Gasteiger partial charge in [0.05, 0.1) is 44.6 Å². The van der Waals surface area contributed by atoms with Crippen LogP contribution in [0.25, 0.3) is 101 Å². The maximum atomic E-state index is 10.8. The minimum Gasteiger partial charge on any atom is -0.308 e. The van der Waals surface area contributed by atoms with Crippen LogP contribution in [-0.2, 0) is 28.1 Å². The van der Waals surface area contributed by atoms with Gasteiger partial charge >= 0.3 is 0 Å². The highest BCUT2D eigenvalue weighted by Gasteiger charge is 2.27. The van der Waals surface area contributed by atoms with Gasteiger partial charge in [0.1, 0.15) is 23.8 Å². The van der Waals surface area contributed by atoms with Crippen molar-refractivity contribution in [1.82, 2.24) is 39.0 Å². The maximum Gasteiger partial charge on any atom is 0.164 e. The molecule has 10 nitrogen and oxygen atoms in total. The number of nitriles is 2. The Hall–Kier alpha value is -9.64. The van der Waals surface area contributed by atoms with E-state index in [0.29, 0.717) is 52.5 Å². The number of aromatic nitrogens is 8. The van der Waals surface area contributed by atoms with Gasteiger partial charge in [0.2, 0.25) is 0 Å². The van der Waals surface area contributed by atoms with Gasteiger partial charge in [-0.1, -0.05) is 173 Å². The molecule has 0 fully saturated rings. The topological polar surface area (TPSA) is 135 Å². The quantitative estimate of drug-likeness (QED) is 0.132. The molecule has 4 heterocycles. The van der Waals surface area contributed by atoms with Gasteiger partial charge in [-0.05, 0) is 130 Å². The summed E-state index contributed by atoms with van der Waals surface area (Å²) in [6.45, 7) is 26.6. The Balaban J connectivity index is 0.919. The molecule has 0 aliphatic carbocycles. The Kier molecular flexibility index (Phi) is 13.5. The summed E-state index contributed by atoms with van der Waals surface area (Å²) in [6, 6.07) is 63.8. The SMILES string of the molecule is Cc1nc(CCC(C)(C)c2ccc3c(c2)c2cc(C(C)(C)C)ccc2n3-c2cc(-c3nc(-c4ccccc4)nc(-c4ccccc4)n3)ccc2C#N)nc(-c2ccc(C#N)c(-n3c4cc(C(C)(C)C)ccc4c4ccc(C(C)(C)C)cc43)c2)n1. The van der Waals surface area contributed by atoms with Crippen LogP contribution >= 0.6 is 0 Å². The molecule has 0 saturated heterocycles. The van der Waals surface area contributed by atoms with E-state index in [0.717, 1.165) is 83.7 Å². The average molecular weight is 1100 g/mol. The van der Waals surface area contributed by atoms with Crippen LogP contribution in [0.5, 0.6) is 0 Å². The van der Waals surface area contributed by atoms with Crippen molar-refractivity contribution in [2.45, 2.75) is 118 Å². The first-order valence-corrected chi connectivity index (χ1v) is 28.9. The molecule has 0 spiro atoms. The number of rotatable bonds is 10. The number of fused-ring (bicyclic) bond motifs is 6. The van der Waals surface area contributed by atoms with E-state index >= 15 is 0 Å². The minimum absolute atomic E-state index is 0.0824. The van der Waals surface area contributed by atoms with Crippen LogP contribution in [0.3, 0.4) is 0 Å². The lowest BCUT2D eigenvalue weighted by molar-refractivity contribution is 0.473. The van der Waals surface area contributed by atoms with Crippen molar-refractivity contribution >= 4 is 43.6 Å². The molecule has 0 atom stereocenters. The lowest BCUT2D eigenvalue weighted by Crippen LogP contribution is -2.19. The third-order valence-electron chi connectivity index (χ3n) is 16.6. The van der Waals surface area contributed by atoms with Crippen molar-refractivity contribution in [3.8, 4) is 69.1 Å². The predicted octanol–water partition coefficient (Wildman–Crippen LogP) is 17.8. The Labute approximate surface area is 492 Å².